The van der Waals surface area contributed by atoms with E-state index in [9.17, 15) is 0 Å². The third kappa shape index (κ3) is 1.28. The first-order valence-electron chi connectivity index (χ1n) is 6.02. The van der Waals surface area contributed by atoms with Crippen molar-refractivity contribution in [1.82, 2.24) is 9.80 Å². The van der Waals surface area contributed by atoms with Crippen LogP contribution in [-0.2, 0) is 0 Å². The topological polar surface area (TPSA) is 6.48 Å². The SMILES string of the molecule is CN1C2C=C(N3CCCC3)CC1CC2. The molecule has 0 aromatic heterocycles. The summed E-state index contributed by atoms with van der Waals surface area (Å²) in [5.74, 6) is 0. The molecule has 2 saturated heterocycles. The molecule has 0 spiro atoms. The van der Waals surface area contributed by atoms with Crippen LogP contribution in [0.1, 0.15) is 32.1 Å². The Kier molecular flexibility index (Phi) is 2.05. The zero-order chi connectivity index (χ0) is 9.54. The molecule has 2 atom stereocenters. The van der Waals surface area contributed by atoms with Crippen LogP contribution >= 0.6 is 0 Å². The molecule has 3 rings (SSSR count). The summed E-state index contributed by atoms with van der Waals surface area (Å²) in [4.78, 5) is 5.19. The van der Waals surface area contributed by atoms with E-state index in [0.29, 0.717) is 0 Å². The standard InChI is InChI=1S/C12H20N2/c1-13-10-4-5-11(13)9-12(8-10)14-6-2-3-7-14/h8,10-11H,2-7,9H2,1H3. The molecule has 3 aliphatic rings. The first-order valence-corrected chi connectivity index (χ1v) is 6.02. The highest BCUT2D eigenvalue weighted by molar-refractivity contribution is 5.17. The van der Waals surface area contributed by atoms with E-state index in [0.717, 1.165) is 12.1 Å². The van der Waals surface area contributed by atoms with Crippen LogP contribution in [0.25, 0.3) is 0 Å². The molecule has 3 aliphatic heterocycles. The van der Waals surface area contributed by atoms with E-state index in [1.165, 1.54) is 45.2 Å². The Balaban J connectivity index is 1.78. The van der Waals surface area contributed by atoms with Crippen molar-refractivity contribution in [3.8, 4) is 0 Å². The highest BCUT2D eigenvalue weighted by Gasteiger charge is 2.35. The molecular formula is C12H20N2. The molecule has 2 fully saturated rings. The zero-order valence-electron chi connectivity index (χ0n) is 9.08. The summed E-state index contributed by atoms with van der Waals surface area (Å²) in [7, 11) is 2.29. The van der Waals surface area contributed by atoms with Gasteiger partial charge in [0.1, 0.15) is 0 Å². The Labute approximate surface area is 86.6 Å². The van der Waals surface area contributed by atoms with Crippen LogP contribution in [0.2, 0.25) is 0 Å². The molecule has 2 heteroatoms. The van der Waals surface area contributed by atoms with Gasteiger partial charge in [0, 0.05) is 37.3 Å². The first-order chi connectivity index (χ1) is 6.84. The fourth-order valence-corrected chi connectivity index (χ4v) is 3.26. The van der Waals surface area contributed by atoms with Gasteiger partial charge in [0.2, 0.25) is 0 Å². The lowest BCUT2D eigenvalue weighted by molar-refractivity contribution is 0.229. The van der Waals surface area contributed by atoms with Crippen LogP contribution in [0.15, 0.2) is 11.8 Å². The van der Waals surface area contributed by atoms with Crippen molar-refractivity contribution in [3.05, 3.63) is 11.8 Å². The molecule has 2 nitrogen and oxygen atoms in total. The smallest absolute Gasteiger partial charge is 0.0298 e. The highest BCUT2D eigenvalue weighted by Crippen LogP contribution is 2.35. The van der Waals surface area contributed by atoms with E-state index in [1.807, 2.05) is 0 Å². The number of likely N-dealkylation sites (tertiary alicyclic amines) is 1. The van der Waals surface area contributed by atoms with Crippen molar-refractivity contribution >= 4 is 0 Å². The molecule has 2 unspecified atom stereocenters. The molecule has 78 valence electrons. The minimum absolute atomic E-state index is 0.754. The van der Waals surface area contributed by atoms with Crippen LogP contribution < -0.4 is 0 Å². The molecule has 3 heterocycles. The maximum absolute atomic E-state index is 2.62. The number of hydrogen-bond donors (Lipinski definition) is 0. The maximum atomic E-state index is 2.62. The molecule has 0 amide bonds. The Bertz CT molecular complexity index is 253. The average Bonchev–Trinajstić information content (AvgIpc) is 2.75. The summed E-state index contributed by atoms with van der Waals surface area (Å²) in [6.07, 6.45) is 9.46. The van der Waals surface area contributed by atoms with E-state index < -0.39 is 0 Å². The molecule has 0 aromatic rings. The van der Waals surface area contributed by atoms with Gasteiger partial charge in [-0.15, -0.1) is 0 Å². The van der Waals surface area contributed by atoms with Gasteiger partial charge in [0.05, 0.1) is 0 Å². The summed E-state index contributed by atoms with van der Waals surface area (Å²) >= 11 is 0. The van der Waals surface area contributed by atoms with Crippen molar-refractivity contribution in [1.29, 1.82) is 0 Å². The van der Waals surface area contributed by atoms with Gasteiger partial charge in [0.25, 0.3) is 0 Å². The van der Waals surface area contributed by atoms with Gasteiger partial charge in [-0.05, 0) is 38.8 Å². The lowest BCUT2D eigenvalue weighted by atomic mass is 10.1. The van der Waals surface area contributed by atoms with Gasteiger partial charge in [-0.3, -0.25) is 4.90 Å². The number of hydrogen-bond acceptors (Lipinski definition) is 2. The first kappa shape index (κ1) is 8.78. The van der Waals surface area contributed by atoms with Crippen molar-refractivity contribution in [3.63, 3.8) is 0 Å². The Morgan fingerprint density at radius 1 is 1.21 bits per heavy atom. The maximum Gasteiger partial charge on any atom is 0.0298 e. The second-order valence-electron chi connectivity index (χ2n) is 5.02. The predicted octanol–water partition coefficient (Wildman–Crippen LogP) is 1.83. The van der Waals surface area contributed by atoms with Crippen molar-refractivity contribution in [2.75, 3.05) is 20.1 Å². The predicted molar refractivity (Wildman–Crippen MR) is 58.1 cm³/mol. The Morgan fingerprint density at radius 3 is 2.71 bits per heavy atom. The minimum Gasteiger partial charge on any atom is -0.375 e. The minimum atomic E-state index is 0.754. The fraction of sp³-hybridized carbons (Fsp3) is 0.833. The van der Waals surface area contributed by atoms with Gasteiger partial charge >= 0.3 is 0 Å². The van der Waals surface area contributed by atoms with Crippen molar-refractivity contribution in [2.24, 2.45) is 0 Å². The van der Waals surface area contributed by atoms with Gasteiger partial charge in [-0.2, -0.15) is 0 Å². The number of fused-ring (bicyclic) bond motifs is 2. The Morgan fingerprint density at radius 2 is 2.00 bits per heavy atom. The highest BCUT2D eigenvalue weighted by atomic mass is 15.2. The van der Waals surface area contributed by atoms with Gasteiger partial charge in [0.15, 0.2) is 0 Å². The Hall–Kier alpha value is -0.500. The second-order valence-corrected chi connectivity index (χ2v) is 5.02. The molecule has 0 aliphatic carbocycles. The van der Waals surface area contributed by atoms with Crippen LogP contribution in [0.4, 0.5) is 0 Å². The van der Waals surface area contributed by atoms with Crippen LogP contribution in [0, 0.1) is 0 Å². The second kappa shape index (κ2) is 3.27. The number of likely N-dealkylation sites (N-methyl/N-ethyl adjacent to an activating group) is 1. The van der Waals surface area contributed by atoms with Crippen LogP contribution in [-0.4, -0.2) is 42.0 Å². The normalized spacial score (nSPS) is 37.8. The monoisotopic (exact) mass is 192 g/mol. The molecular weight excluding hydrogens is 172 g/mol. The molecule has 0 saturated carbocycles. The van der Waals surface area contributed by atoms with E-state index in [2.05, 4.69) is 22.9 Å². The van der Waals surface area contributed by atoms with E-state index >= 15 is 0 Å². The molecule has 2 bridgehead atoms. The summed E-state index contributed by atoms with van der Waals surface area (Å²) in [6.45, 7) is 2.63. The molecule has 14 heavy (non-hydrogen) atoms. The van der Waals surface area contributed by atoms with E-state index in [4.69, 9.17) is 0 Å². The number of rotatable bonds is 1. The average molecular weight is 192 g/mol. The summed E-state index contributed by atoms with van der Waals surface area (Å²) in [5, 5.41) is 0. The zero-order valence-corrected chi connectivity index (χ0v) is 9.08. The summed E-state index contributed by atoms with van der Waals surface area (Å²) in [6, 6.07) is 1.60. The van der Waals surface area contributed by atoms with Crippen molar-refractivity contribution < 1.29 is 0 Å². The number of nitrogens with zero attached hydrogens (tertiary/aromatic N) is 2. The largest absolute Gasteiger partial charge is 0.375 e. The van der Waals surface area contributed by atoms with Gasteiger partial charge in [-0.1, -0.05) is 0 Å². The lowest BCUT2D eigenvalue weighted by Crippen LogP contribution is -2.38. The van der Waals surface area contributed by atoms with E-state index in [-0.39, 0.29) is 0 Å². The lowest BCUT2D eigenvalue weighted by Gasteiger charge is -2.34. The van der Waals surface area contributed by atoms with Crippen molar-refractivity contribution in [2.45, 2.75) is 44.2 Å². The third-order valence-electron chi connectivity index (χ3n) is 4.24. The van der Waals surface area contributed by atoms with E-state index in [1.54, 1.807) is 5.70 Å². The summed E-state index contributed by atoms with van der Waals surface area (Å²) < 4.78 is 0. The molecule has 0 aromatic carbocycles. The van der Waals surface area contributed by atoms with Gasteiger partial charge < -0.3 is 4.90 Å². The summed E-state index contributed by atoms with van der Waals surface area (Å²) in [5.41, 5.74) is 1.66. The fourth-order valence-electron chi connectivity index (χ4n) is 3.26. The van der Waals surface area contributed by atoms with Crippen LogP contribution in [0.5, 0.6) is 0 Å². The third-order valence-corrected chi connectivity index (χ3v) is 4.24. The van der Waals surface area contributed by atoms with Crippen LogP contribution in [0.3, 0.4) is 0 Å². The van der Waals surface area contributed by atoms with Gasteiger partial charge in [-0.25, -0.2) is 0 Å². The molecule has 0 N–H and O–H groups in total. The quantitative estimate of drug-likeness (QED) is 0.625. The molecule has 0 radical (unpaired) electrons.